The van der Waals surface area contributed by atoms with Crippen LogP contribution >= 0.6 is 0 Å². The molecule has 0 amide bonds. The van der Waals surface area contributed by atoms with Crippen molar-refractivity contribution in [2.75, 3.05) is 0 Å². The zero-order valence-corrected chi connectivity index (χ0v) is 15.6. The third-order valence-electron chi connectivity index (χ3n) is 9.60. The van der Waals surface area contributed by atoms with Crippen LogP contribution in [0.3, 0.4) is 0 Å². The highest BCUT2D eigenvalue weighted by Gasteiger charge is 2.85. The van der Waals surface area contributed by atoms with E-state index < -0.39 is 45.6 Å². The van der Waals surface area contributed by atoms with Gasteiger partial charge in [-0.1, -0.05) is 13.8 Å². The molecule has 26 heavy (non-hydrogen) atoms. The van der Waals surface area contributed by atoms with Crippen molar-refractivity contribution in [2.24, 2.45) is 28.1 Å². The molecule has 5 rings (SSSR count). The monoisotopic (exact) mass is 364 g/mol. The number of hydrogen-bond donors (Lipinski definition) is 3. The van der Waals surface area contributed by atoms with Gasteiger partial charge in [0.2, 0.25) is 0 Å². The molecule has 5 fully saturated rings. The van der Waals surface area contributed by atoms with Crippen LogP contribution in [0.15, 0.2) is 0 Å². The van der Waals surface area contributed by atoms with Gasteiger partial charge in [-0.3, -0.25) is 9.59 Å². The summed E-state index contributed by atoms with van der Waals surface area (Å²) in [4.78, 5) is 26.3. The van der Waals surface area contributed by atoms with E-state index in [1.165, 1.54) is 0 Å². The van der Waals surface area contributed by atoms with Gasteiger partial charge >= 0.3 is 5.97 Å². The van der Waals surface area contributed by atoms with Gasteiger partial charge in [-0.05, 0) is 45.4 Å². The average molecular weight is 364 g/mol. The lowest BCUT2D eigenvalue weighted by atomic mass is 9.38. The first-order chi connectivity index (χ1) is 12.0. The topological polar surface area (TPSA) is 104 Å². The number of fused-ring (bicyclic) bond motifs is 1. The minimum atomic E-state index is -1.17. The summed E-state index contributed by atoms with van der Waals surface area (Å²) in [6.45, 7) is 5.52. The Morgan fingerprint density at radius 2 is 1.77 bits per heavy atom. The summed E-state index contributed by atoms with van der Waals surface area (Å²) < 4.78 is 6.04. The molecule has 4 aliphatic carbocycles. The molecule has 0 aromatic carbocycles. The first kappa shape index (κ1) is 17.1. The highest BCUT2D eigenvalue weighted by Crippen LogP contribution is 2.77. The molecular formula is C20H28O6. The molecule has 3 N–H and O–H groups in total. The molecule has 1 saturated heterocycles. The number of Topliss-reactive ketones (excluding diaryl/α,β-unsaturated/α-hetero) is 1. The van der Waals surface area contributed by atoms with Crippen LogP contribution in [-0.2, 0) is 14.3 Å². The van der Waals surface area contributed by atoms with E-state index in [4.69, 9.17) is 4.74 Å². The third-order valence-corrected chi connectivity index (χ3v) is 9.60. The minimum absolute atomic E-state index is 0.136. The zero-order chi connectivity index (χ0) is 18.9. The molecule has 144 valence electrons. The molecule has 0 radical (unpaired) electrons. The molecule has 4 bridgehead atoms. The van der Waals surface area contributed by atoms with Crippen molar-refractivity contribution in [3.63, 3.8) is 0 Å². The molecule has 0 aromatic rings. The number of esters is 1. The van der Waals surface area contributed by atoms with E-state index in [1.54, 1.807) is 6.92 Å². The zero-order valence-electron chi connectivity index (χ0n) is 15.6. The molecule has 1 spiro atoms. The third kappa shape index (κ3) is 1.35. The molecule has 1 heterocycles. The first-order valence-electron chi connectivity index (χ1n) is 9.86. The van der Waals surface area contributed by atoms with Crippen molar-refractivity contribution in [1.29, 1.82) is 0 Å². The summed E-state index contributed by atoms with van der Waals surface area (Å²) in [6, 6.07) is 0. The van der Waals surface area contributed by atoms with Gasteiger partial charge < -0.3 is 20.1 Å². The Labute approximate surface area is 152 Å². The maximum Gasteiger partial charge on any atom is 0.312 e. The summed E-state index contributed by atoms with van der Waals surface area (Å²) in [6.07, 6.45) is 0.507. The largest absolute Gasteiger partial charge is 0.455 e. The Morgan fingerprint density at radius 1 is 1.08 bits per heavy atom. The number of carbonyl (C=O) groups excluding carboxylic acids is 2. The van der Waals surface area contributed by atoms with Crippen LogP contribution in [0.2, 0.25) is 0 Å². The molecule has 9 atom stereocenters. The fraction of sp³-hybridized carbons (Fsp3) is 0.900. The molecular weight excluding hydrogens is 336 g/mol. The predicted molar refractivity (Wildman–Crippen MR) is 89.8 cm³/mol. The molecule has 6 heteroatoms. The lowest BCUT2D eigenvalue weighted by Gasteiger charge is -2.66. The van der Waals surface area contributed by atoms with Gasteiger partial charge in [0.1, 0.15) is 11.4 Å². The normalized spacial score (nSPS) is 63.3. The highest BCUT2D eigenvalue weighted by atomic mass is 16.6. The number of aliphatic hydroxyl groups excluding tert-OH is 2. The van der Waals surface area contributed by atoms with Crippen LogP contribution in [0.5, 0.6) is 0 Å². The van der Waals surface area contributed by atoms with Crippen molar-refractivity contribution in [1.82, 2.24) is 0 Å². The molecule has 5 aliphatic rings. The number of ketones is 1. The second-order valence-corrected chi connectivity index (χ2v) is 10.1. The van der Waals surface area contributed by atoms with Crippen molar-refractivity contribution < 1.29 is 29.6 Å². The molecule has 0 aromatic heterocycles. The van der Waals surface area contributed by atoms with Crippen LogP contribution in [0, 0.1) is 28.1 Å². The summed E-state index contributed by atoms with van der Waals surface area (Å²) >= 11 is 0. The fourth-order valence-electron chi connectivity index (χ4n) is 7.92. The van der Waals surface area contributed by atoms with E-state index >= 15 is 0 Å². The van der Waals surface area contributed by atoms with Crippen LogP contribution in [0.4, 0.5) is 0 Å². The Balaban J connectivity index is 1.78. The van der Waals surface area contributed by atoms with E-state index in [0.29, 0.717) is 25.7 Å². The highest BCUT2D eigenvalue weighted by molar-refractivity contribution is 5.93. The Hall–Kier alpha value is -0.980. The van der Waals surface area contributed by atoms with E-state index in [-0.39, 0.29) is 30.5 Å². The lowest BCUT2D eigenvalue weighted by molar-refractivity contribution is -0.287. The van der Waals surface area contributed by atoms with Gasteiger partial charge in [-0.15, -0.1) is 0 Å². The van der Waals surface area contributed by atoms with Gasteiger partial charge in [-0.2, -0.15) is 0 Å². The van der Waals surface area contributed by atoms with E-state index in [1.807, 2.05) is 13.8 Å². The molecule has 4 saturated carbocycles. The van der Waals surface area contributed by atoms with Crippen LogP contribution in [0.25, 0.3) is 0 Å². The van der Waals surface area contributed by atoms with E-state index in [0.717, 1.165) is 0 Å². The number of ether oxygens (including phenoxy) is 1. The van der Waals surface area contributed by atoms with Crippen LogP contribution in [0.1, 0.15) is 59.3 Å². The van der Waals surface area contributed by atoms with Crippen LogP contribution in [-0.4, -0.2) is 50.5 Å². The Kier molecular flexibility index (Phi) is 2.88. The molecule has 9 unspecified atom stereocenters. The average Bonchev–Trinajstić information content (AvgIpc) is 2.87. The van der Waals surface area contributed by atoms with E-state index in [9.17, 15) is 24.9 Å². The van der Waals surface area contributed by atoms with Crippen molar-refractivity contribution in [3.8, 4) is 0 Å². The number of hydrogen-bond acceptors (Lipinski definition) is 6. The van der Waals surface area contributed by atoms with Gasteiger partial charge in [0.05, 0.1) is 28.6 Å². The van der Waals surface area contributed by atoms with Crippen LogP contribution < -0.4 is 0 Å². The molecule has 6 nitrogen and oxygen atoms in total. The summed E-state index contributed by atoms with van der Waals surface area (Å²) in [5.41, 5.74) is -5.06. The maximum absolute atomic E-state index is 13.4. The standard InChI is InChI=1S/C20H28O6/c1-10-14(23)19-9-18(10,25)7-6-17(19,3)20-11(8-13(19)22)16(2,15(24)26-20)5-4-12(20)21/h10-13,21-22,25H,4-9H2,1-3H3. The van der Waals surface area contributed by atoms with Crippen molar-refractivity contribution in [2.45, 2.75) is 82.7 Å². The van der Waals surface area contributed by atoms with Gasteiger partial charge in [0, 0.05) is 17.3 Å². The van der Waals surface area contributed by atoms with E-state index in [2.05, 4.69) is 0 Å². The summed E-state index contributed by atoms with van der Waals surface area (Å²) in [5.74, 6) is -1.32. The van der Waals surface area contributed by atoms with Crippen molar-refractivity contribution in [3.05, 3.63) is 0 Å². The summed E-state index contributed by atoms with van der Waals surface area (Å²) in [7, 11) is 0. The maximum atomic E-state index is 13.4. The fourth-order valence-corrected chi connectivity index (χ4v) is 7.92. The predicted octanol–water partition coefficient (Wildman–Crippen LogP) is 0.950. The SMILES string of the molecule is CC1C(=O)C23CC1(O)CCC2(C)C12OC(=O)C(C)(CCC1O)C2CC3O. The Morgan fingerprint density at radius 3 is 2.46 bits per heavy atom. The molecule has 1 aliphatic heterocycles. The minimum Gasteiger partial charge on any atom is -0.455 e. The number of carbonyl (C=O) groups is 2. The van der Waals surface area contributed by atoms with Gasteiger partial charge in [-0.25, -0.2) is 0 Å². The van der Waals surface area contributed by atoms with Crippen molar-refractivity contribution >= 4 is 11.8 Å². The second kappa shape index (κ2) is 4.36. The summed E-state index contributed by atoms with van der Waals surface area (Å²) in [5, 5.41) is 33.4. The quantitative estimate of drug-likeness (QED) is 0.553. The number of rotatable bonds is 0. The lowest BCUT2D eigenvalue weighted by Crippen LogP contribution is -2.75. The Bertz CT molecular complexity index is 736. The van der Waals surface area contributed by atoms with Gasteiger partial charge in [0.25, 0.3) is 0 Å². The first-order valence-corrected chi connectivity index (χ1v) is 9.86. The smallest absolute Gasteiger partial charge is 0.312 e. The van der Waals surface area contributed by atoms with Gasteiger partial charge in [0.15, 0.2) is 0 Å². The second-order valence-electron chi connectivity index (χ2n) is 10.1. The number of aliphatic hydroxyl groups is 3.